The summed E-state index contributed by atoms with van der Waals surface area (Å²) in [5.41, 5.74) is 1.74. The fraction of sp³-hybridized carbons (Fsp3) is 0.214. The zero-order valence-corrected chi connectivity index (χ0v) is 10.7. The van der Waals surface area contributed by atoms with Crippen LogP contribution in [0, 0.1) is 6.92 Å². The molecule has 0 bridgehead atoms. The topological polar surface area (TPSA) is 26.3 Å². The summed E-state index contributed by atoms with van der Waals surface area (Å²) < 4.78 is 5.22. The largest absolute Gasteiger partial charge is 0.496 e. The van der Waals surface area contributed by atoms with Gasteiger partial charge in [0.1, 0.15) is 5.75 Å². The van der Waals surface area contributed by atoms with Crippen LogP contribution < -0.4 is 4.74 Å². The summed E-state index contributed by atoms with van der Waals surface area (Å²) in [6.45, 7) is 1.97. The first-order valence-electron chi connectivity index (χ1n) is 5.41. The van der Waals surface area contributed by atoms with Gasteiger partial charge in [0.2, 0.25) is 0 Å². The summed E-state index contributed by atoms with van der Waals surface area (Å²) in [7, 11) is 1.59. The number of ether oxygens (including phenoxy) is 1. The third-order valence-electron chi connectivity index (χ3n) is 2.57. The molecule has 0 aliphatic heterocycles. The molecule has 3 heteroatoms. The smallest absolute Gasteiger partial charge is 0.171 e. The van der Waals surface area contributed by atoms with Gasteiger partial charge in [-0.05, 0) is 30.5 Å². The van der Waals surface area contributed by atoms with E-state index in [2.05, 4.69) is 0 Å². The van der Waals surface area contributed by atoms with Crippen LogP contribution in [0.15, 0.2) is 35.7 Å². The summed E-state index contributed by atoms with van der Waals surface area (Å²) in [6.07, 6.45) is 0.442. The summed E-state index contributed by atoms with van der Waals surface area (Å²) >= 11 is 1.60. The van der Waals surface area contributed by atoms with Gasteiger partial charge in [-0.1, -0.05) is 17.7 Å². The predicted octanol–water partition coefficient (Wildman–Crippen LogP) is 3.49. The molecule has 0 fully saturated rings. The number of hydrogen-bond acceptors (Lipinski definition) is 3. The lowest BCUT2D eigenvalue weighted by atomic mass is 10.0. The van der Waals surface area contributed by atoms with Crippen molar-refractivity contribution in [2.24, 2.45) is 0 Å². The van der Waals surface area contributed by atoms with E-state index in [-0.39, 0.29) is 5.78 Å². The molecule has 0 aliphatic carbocycles. The van der Waals surface area contributed by atoms with Crippen LogP contribution in [0.2, 0.25) is 0 Å². The molecule has 1 aromatic heterocycles. The maximum absolute atomic E-state index is 12.2. The van der Waals surface area contributed by atoms with Gasteiger partial charge in [0.05, 0.1) is 12.7 Å². The van der Waals surface area contributed by atoms with E-state index in [4.69, 9.17) is 4.74 Å². The highest BCUT2D eigenvalue weighted by atomic mass is 32.1. The first-order valence-corrected chi connectivity index (χ1v) is 6.29. The van der Waals surface area contributed by atoms with Gasteiger partial charge in [-0.2, -0.15) is 0 Å². The number of aryl methyl sites for hydroxylation is 1. The summed E-state index contributed by atoms with van der Waals surface area (Å²) in [6, 6.07) is 9.61. The molecule has 2 aromatic rings. The van der Waals surface area contributed by atoms with E-state index in [1.807, 2.05) is 42.6 Å². The zero-order valence-electron chi connectivity index (χ0n) is 9.90. The molecule has 0 radical (unpaired) electrons. The van der Waals surface area contributed by atoms with Crippen molar-refractivity contribution in [3.8, 4) is 5.75 Å². The molecule has 0 N–H and O–H groups in total. The Morgan fingerprint density at radius 2 is 2.18 bits per heavy atom. The number of thiophene rings is 1. The Morgan fingerprint density at radius 1 is 1.35 bits per heavy atom. The fourth-order valence-corrected chi connectivity index (χ4v) is 2.41. The van der Waals surface area contributed by atoms with Crippen molar-refractivity contribution >= 4 is 17.1 Å². The van der Waals surface area contributed by atoms with E-state index in [0.29, 0.717) is 17.7 Å². The quantitative estimate of drug-likeness (QED) is 0.772. The van der Waals surface area contributed by atoms with Crippen molar-refractivity contribution in [3.63, 3.8) is 0 Å². The molecule has 0 amide bonds. The molecule has 2 rings (SSSR count). The van der Waals surface area contributed by atoms with Gasteiger partial charge in [-0.25, -0.2) is 0 Å². The number of methoxy groups -OCH3 is 1. The monoisotopic (exact) mass is 246 g/mol. The normalized spacial score (nSPS) is 10.2. The first kappa shape index (κ1) is 11.9. The van der Waals surface area contributed by atoms with E-state index >= 15 is 0 Å². The molecule has 88 valence electrons. The Kier molecular flexibility index (Phi) is 3.59. The molecule has 0 aliphatic rings. The zero-order chi connectivity index (χ0) is 12.3. The second-order valence-corrected chi connectivity index (χ2v) is 4.92. The van der Waals surface area contributed by atoms with Crippen molar-refractivity contribution in [1.82, 2.24) is 0 Å². The number of Topliss-reactive ketones (excluding diaryl/α,β-unsaturated/α-hetero) is 1. The Balaban J connectivity index is 2.26. The fourth-order valence-electron chi connectivity index (χ4n) is 1.71. The molecule has 0 unspecified atom stereocenters. The second-order valence-electron chi connectivity index (χ2n) is 3.88. The van der Waals surface area contributed by atoms with E-state index in [9.17, 15) is 4.79 Å². The third kappa shape index (κ3) is 2.74. The van der Waals surface area contributed by atoms with E-state index in [0.717, 1.165) is 10.4 Å². The van der Waals surface area contributed by atoms with Gasteiger partial charge in [-0.3, -0.25) is 4.79 Å². The van der Waals surface area contributed by atoms with Crippen LogP contribution in [0.4, 0.5) is 0 Å². The molecule has 2 nitrogen and oxygen atoms in total. The van der Waals surface area contributed by atoms with Gasteiger partial charge < -0.3 is 4.74 Å². The van der Waals surface area contributed by atoms with Gasteiger partial charge in [0.25, 0.3) is 0 Å². The van der Waals surface area contributed by atoms with Crippen LogP contribution in [0.1, 0.15) is 20.8 Å². The summed E-state index contributed by atoms with van der Waals surface area (Å²) in [5.74, 6) is 0.755. The molecule has 0 spiro atoms. The highest BCUT2D eigenvalue weighted by Gasteiger charge is 2.13. The maximum Gasteiger partial charge on any atom is 0.171 e. The van der Waals surface area contributed by atoms with Gasteiger partial charge in [-0.15, -0.1) is 11.3 Å². The van der Waals surface area contributed by atoms with Gasteiger partial charge in [0, 0.05) is 11.3 Å². The lowest BCUT2D eigenvalue weighted by molar-refractivity contribution is 0.0991. The van der Waals surface area contributed by atoms with Gasteiger partial charge >= 0.3 is 0 Å². The van der Waals surface area contributed by atoms with Crippen molar-refractivity contribution in [2.45, 2.75) is 13.3 Å². The van der Waals surface area contributed by atoms with Crippen molar-refractivity contribution in [3.05, 3.63) is 51.7 Å². The molecule has 0 saturated carbocycles. The maximum atomic E-state index is 12.2. The molecular formula is C14H14O2S. The summed E-state index contributed by atoms with van der Waals surface area (Å²) in [4.78, 5) is 13.3. The highest BCUT2D eigenvalue weighted by molar-refractivity contribution is 7.10. The number of benzene rings is 1. The number of carbonyl (C=O) groups is 1. The van der Waals surface area contributed by atoms with E-state index < -0.39 is 0 Å². The van der Waals surface area contributed by atoms with Crippen LogP contribution in [0.5, 0.6) is 5.75 Å². The van der Waals surface area contributed by atoms with Crippen LogP contribution in [0.3, 0.4) is 0 Å². The average molecular weight is 246 g/mol. The molecular weight excluding hydrogens is 232 g/mol. The van der Waals surface area contributed by atoms with Crippen molar-refractivity contribution in [2.75, 3.05) is 7.11 Å². The Hall–Kier alpha value is -1.61. The second kappa shape index (κ2) is 5.15. The Bertz CT molecular complexity index is 515. The predicted molar refractivity (Wildman–Crippen MR) is 70.1 cm³/mol. The highest BCUT2D eigenvalue weighted by Crippen LogP contribution is 2.22. The van der Waals surface area contributed by atoms with Crippen molar-refractivity contribution < 1.29 is 9.53 Å². The molecule has 1 heterocycles. The third-order valence-corrected chi connectivity index (χ3v) is 3.45. The van der Waals surface area contributed by atoms with Crippen LogP contribution in [-0.4, -0.2) is 12.9 Å². The lowest BCUT2D eigenvalue weighted by Crippen LogP contribution is -2.05. The standard InChI is InChI=1S/C14H14O2S/c1-10-5-6-14(16-2)12(8-10)13(15)9-11-4-3-7-17-11/h3-8H,9H2,1-2H3. The van der Waals surface area contributed by atoms with E-state index in [1.165, 1.54) is 0 Å². The van der Waals surface area contributed by atoms with Crippen molar-refractivity contribution in [1.29, 1.82) is 0 Å². The first-order chi connectivity index (χ1) is 8.20. The Labute approximate surface area is 105 Å². The lowest BCUT2D eigenvalue weighted by Gasteiger charge is -2.07. The number of ketones is 1. The van der Waals surface area contributed by atoms with Crippen LogP contribution in [0.25, 0.3) is 0 Å². The molecule has 0 atom stereocenters. The van der Waals surface area contributed by atoms with E-state index in [1.54, 1.807) is 18.4 Å². The minimum Gasteiger partial charge on any atom is -0.496 e. The Morgan fingerprint density at radius 3 is 2.82 bits per heavy atom. The average Bonchev–Trinajstić information content (AvgIpc) is 2.81. The molecule has 17 heavy (non-hydrogen) atoms. The minimum absolute atomic E-state index is 0.105. The van der Waals surface area contributed by atoms with Gasteiger partial charge in [0.15, 0.2) is 5.78 Å². The molecule has 0 saturated heterocycles. The number of hydrogen-bond donors (Lipinski definition) is 0. The minimum atomic E-state index is 0.105. The summed E-state index contributed by atoms with van der Waals surface area (Å²) in [5, 5.41) is 1.98. The number of rotatable bonds is 4. The number of carbonyl (C=O) groups excluding carboxylic acids is 1. The SMILES string of the molecule is COc1ccc(C)cc1C(=O)Cc1cccs1. The molecule has 1 aromatic carbocycles. The van der Waals surface area contributed by atoms with Crippen LogP contribution >= 0.6 is 11.3 Å². The van der Waals surface area contributed by atoms with Crippen LogP contribution in [-0.2, 0) is 6.42 Å².